The Morgan fingerprint density at radius 3 is 2.63 bits per heavy atom. The molecule has 1 aliphatic heterocycles. The van der Waals surface area contributed by atoms with Crippen LogP contribution in [0.4, 0.5) is 8.78 Å². The van der Waals surface area contributed by atoms with Gasteiger partial charge in [0.1, 0.15) is 12.3 Å². The summed E-state index contributed by atoms with van der Waals surface area (Å²) >= 11 is 18.1. The smallest absolute Gasteiger partial charge is 0.282 e. The van der Waals surface area contributed by atoms with Crippen LogP contribution in [0.5, 0.6) is 5.75 Å². The largest absolute Gasteiger partial charge is 0.488 e. The maximum atomic E-state index is 13.2. The molecule has 3 rings (SSSR count). The third kappa shape index (κ3) is 4.31. The van der Waals surface area contributed by atoms with Crippen LogP contribution in [0, 0.1) is 0 Å². The van der Waals surface area contributed by atoms with E-state index in [1.165, 1.54) is 35.0 Å². The highest BCUT2D eigenvalue weighted by Crippen LogP contribution is 2.36. The summed E-state index contributed by atoms with van der Waals surface area (Å²) in [5.74, 6) is -0.213. The van der Waals surface area contributed by atoms with Crippen LogP contribution >= 0.6 is 34.8 Å². The van der Waals surface area contributed by atoms with Crippen molar-refractivity contribution in [2.45, 2.75) is 25.3 Å². The Kier molecular flexibility index (Phi) is 6.13. The van der Waals surface area contributed by atoms with Gasteiger partial charge >= 0.3 is 0 Å². The second kappa shape index (κ2) is 8.20. The minimum atomic E-state index is -2.82. The molecule has 0 spiro atoms. The molecule has 0 saturated carbocycles. The van der Waals surface area contributed by atoms with E-state index in [2.05, 4.69) is 5.10 Å². The van der Waals surface area contributed by atoms with Gasteiger partial charge in [-0.3, -0.25) is 9.48 Å². The molecule has 2 heterocycles. The quantitative estimate of drug-likeness (QED) is 0.660. The van der Waals surface area contributed by atoms with Crippen LogP contribution in [0.25, 0.3) is 0 Å². The summed E-state index contributed by atoms with van der Waals surface area (Å²) in [4.78, 5) is 14.3. The van der Waals surface area contributed by atoms with Crippen LogP contribution in [0.3, 0.4) is 0 Å². The number of benzene rings is 1. The third-order valence-corrected chi connectivity index (χ3v) is 5.10. The number of rotatable bonds is 5. The Hall–Kier alpha value is -1.57. The van der Waals surface area contributed by atoms with Crippen LogP contribution in [0.15, 0.2) is 18.3 Å². The Morgan fingerprint density at radius 2 is 2.00 bits per heavy atom. The standard InChI is InChI=1S/C17H16Cl3F2N3O2/c1-24-7-11(14(23-24)16(21)22)17(26)25-4-2-3-10(25)8-27-15-12(19)5-9(18)6-13(15)20/h5-7,10,16H,2-4,8H2,1H3. The molecular formula is C17H16Cl3F2N3O2. The Morgan fingerprint density at radius 1 is 1.33 bits per heavy atom. The van der Waals surface area contributed by atoms with Gasteiger partial charge in [-0.05, 0) is 25.0 Å². The van der Waals surface area contributed by atoms with Gasteiger partial charge < -0.3 is 9.64 Å². The first-order chi connectivity index (χ1) is 12.8. The van der Waals surface area contributed by atoms with E-state index < -0.39 is 18.0 Å². The highest BCUT2D eigenvalue weighted by atomic mass is 35.5. The molecular weight excluding hydrogens is 423 g/mol. The van der Waals surface area contributed by atoms with Gasteiger partial charge in [-0.15, -0.1) is 0 Å². The third-order valence-electron chi connectivity index (χ3n) is 4.32. The number of hydrogen-bond donors (Lipinski definition) is 0. The molecule has 27 heavy (non-hydrogen) atoms. The van der Waals surface area contributed by atoms with Gasteiger partial charge in [-0.2, -0.15) is 5.10 Å². The lowest BCUT2D eigenvalue weighted by Gasteiger charge is -2.25. The van der Waals surface area contributed by atoms with E-state index in [9.17, 15) is 13.6 Å². The first-order valence-electron chi connectivity index (χ1n) is 8.18. The molecule has 146 valence electrons. The van der Waals surface area contributed by atoms with Gasteiger partial charge in [-0.25, -0.2) is 8.78 Å². The van der Waals surface area contributed by atoms with Crippen molar-refractivity contribution in [1.29, 1.82) is 0 Å². The summed E-state index contributed by atoms with van der Waals surface area (Å²) < 4.78 is 33.3. The fourth-order valence-electron chi connectivity index (χ4n) is 3.11. The average molecular weight is 439 g/mol. The molecule has 2 aromatic rings. The molecule has 5 nitrogen and oxygen atoms in total. The molecule has 1 aromatic carbocycles. The van der Waals surface area contributed by atoms with Crippen molar-refractivity contribution in [1.82, 2.24) is 14.7 Å². The van der Waals surface area contributed by atoms with Crippen molar-refractivity contribution >= 4 is 40.7 Å². The lowest BCUT2D eigenvalue weighted by Crippen LogP contribution is -2.39. The number of amides is 1. The number of aryl methyl sites for hydroxylation is 1. The van der Waals surface area contributed by atoms with Gasteiger partial charge in [0.15, 0.2) is 5.75 Å². The van der Waals surface area contributed by atoms with E-state index >= 15 is 0 Å². The summed E-state index contributed by atoms with van der Waals surface area (Å²) in [6.07, 6.45) is -0.0908. The summed E-state index contributed by atoms with van der Waals surface area (Å²) in [5, 5.41) is 4.59. The van der Waals surface area contributed by atoms with Crippen LogP contribution in [0.2, 0.25) is 15.1 Å². The fraction of sp³-hybridized carbons (Fsp3) is 0.412. The highest BCUT2D eigenvalue weighted by Gasteiger charge is 2.34. The zero-order chi connectivity index (χ0) is 19.7. The molecule has 1 atom stereocenters. The summed E-state index contributed by atoms with van der Waals surface area (Å²) in [6.45, 7) is 0.587. The van der Waals surface area contributed by atoms with Crippen molar-refractivity contribution in [2.75, 3.05) is 13.2 Å². The minimum Gasteiger partial charge on any atom is -0.488 e. The second-order valence-electron chi connectivity index (χ2n) is 6.21. The Bertz CT molecular complexity index is 837. The zero-order valence-electron chi connectivity index (χ0n) is 14.3. The number of carbonyl (C=O) groups excluding carboxylic acids is 1. The van der Waals surface area contributed by atoms with Crippen molar-refractivity contribution in [2.24, 2.45) is 7.05 Å². The number of alkyl halides is 2. The molecule has 1 unspecified atom stereocenters. The first kappa shape index (κ1) is 20.2. The Balaban J connectivity index is 1.75. The van der Waals surface area contributed by atoms with Gasteiger partial charge in [-0.1, -0.05) is 34.8 Å². The maximum absolute atomic E-state index is 13.2. The fourth-order valence-corrected chi connectivity index (χ4v) is 4.04. The molecule has 0 radical (unpaired) electrons. The second-order valence-corrected chi connectivity index (χ2v) is 7.46. The van der Waals surface area contributed by atoms with Crippen LogP contribution in [0.1, 0.15) is 35.3 Å². The number of nitrogens with zero attached hydrogens (tertiary/aromatic N) is 3. The average Bonchev–Trinajstić information content (AvgIpc) is 3.19. The van der Waals surface area contributed by atoms with E-state index in [4.69, 9.17) is 39.5 Å². The van der Waals surface area contributed by atoms with Gasteiger partial charge in [0.25, 0.3) is 12.3 Å². The van der Waals surface area contributed by atoms with Crippen molar-refractivity contribution < 1.29 is 18.3 Å². The van der Waals surface area contributed by atoms with Gasteiger partial charge in [0.05, 0.1) is 21.7 Å². The number of likely N-dealkylation sites (tertiary alicyclic amines) is 1. The van der Waals surface area contributed by atoms with Gasteiger partial charge in [0, 0.05) is 24.8 Å². The van der Waals surface area contributed by atoms with Crippen molar-refractivity contribution in [3.05, 3.63) is 44.7 Å². The molecule has 0 N–H and O–H groups in total. The summed E-state index contributed by atoms with van der Waals surface area (Å²) in [6, 6.07) is 2.73. The van der Waals surface area contributed by atoms with Crippen molar-refractivity contribution in [3.63, 3.8) is 0 Å². The number of aromatic nitrogens is 2. The highest BCUT2D eigenvalue weighted by molar-refractivity contribution is 6.40. The molecule has 1 aromatic heterocycles. The molecule has 1 saturated heterocycles. The van der Waals surface area contributed by atoms with Gasteiger partial charge in [0.2, 0.25) is 0 Å². The molecule has 1 amide bonds. The lowest BCUT2D eigenvalue weighted by atomic mass is 10.2. The molecule has 1 aliphatic rings. The number of carbonyl (C=O) groups is 1. The van der Waals surface area contributed by atoms with E-state index in [-0.39, 0.29) is 34.0 Å². The minimum absolute atomic E-state index is 0.0954. The van der Waals surface area contributed by atoms with Crippen LogP contribution in [-0.4, -0.2) is 39.8 Å². The van der Waals surface area contributed by atoms with Crippen LogP contribution in [-0.2, 0) is 7.05 Å². The van der Waals surface area contributed by atoms with Crippen molar-refractivity contribution in [3.8, 4) is 5.75 Å². The maximum Gasteiger partial charge on any atom is 0.282 e. The predicted octanol–water partition coefficient (Wildman–Crippen LogP) is 5.00. The van der Waals surface area contributed by atoms with E-state index in [0.717, 1.165) is 6.42 Å². The zero-order valence-corrected chi connectivity index (χ0v) is 16.5. The molecule has 10 heteroatoms. The molecule has 0 aliphatic carbocycles. The normalized spacial score (nSPS) is 17.0. The lowest BCUT2D eigenvalue weighted by molar-refractivity contribution is 0.0680. The van der Waals surface area contributed by atoms with Crippen LogP contribution < -0.4 is 4.74 Å². The van der Waals surface area contributed by atoms with E-state index in [1.807, 2.05) is 0 Å². The molecule has 0 bridgehead atoms. The topological polar surface area (TPSA) is 47.4 Å². The SMILES string of the molecule is Cn1cc(C(=O)N2CCCC2COc2c(Cl)cc(Cl)cc2Cl)c(C(F)F)n1. The first-order valence-corrected chi connectivity index (χ1v) is 9.31. The summed E-state index contributed by atoms with van der Waals surface area (Å²) in [5.41, 5.74) is -0.611. The monoisotopic (exact) mass is 437 g/mol. The molecule has 1 fully saturated rings. The number of hydrogen-bond acceptors (Lipinski definition) is 3. The summed E-state index contributed by atoms with van der Waals surface area (Å²) in [7, 11) is 1.50. The van der Waals surface area contributed by atoms with E-state index in [0.29, 0.717) is 18.0 Å². The predicted molar refractivity (Wildman–Crippen MR) is 99.2 cm³/mol. The van der Waals surface area contributed by atoms with E-state index in [1.54, 1.807) is 0 Å². The number of halogens is 5. The Labute approximate surface area is 169 Å². The number of ether oxygens (including phenoxy) is 1.